The first-order valence-corrected chi connectivity index (χ1v) is 9.05. The molecule has 8 heteroatoms. The number of rotatable bonds is 6. The molecule has 1 aliphatic rings. The summed E-state index contributed by atoms with van der Waals surface area (Å²) in [5.74, 6) is 1.17. The highest BCUT2D eigenvalue weighted by Crippen LogP contribution is 2.40. The van der Waals surface area contributed by atoms with E-state index in [9.17, 15) is 4.79 Å². The third-order valence-electron chi connectivity index (χ3n) is 4.78. The molecular formula is C20H26N4O4. The molecule has 3 rings (SSSR count). The number of aromatic nitrogens is 1. The molecule has 1 fully saturated rings. The van der Waals surface area contributed by atoms with Gasteiger partial charge in [0, 0.05) is 50.2 Å². The first-order valence-electron chi connectivity index (χ1n) is 9.05. The van der Waals surface area contributed by atoms with Crippen molar-refractivity contribution in [2.45, 2.75) is 0 Å². The maximum atomic E-state index is 12.8. The number of nitrogens with one attached hydrogen (secondary N) is 1. The zero-order valence-corrected chi connectivity index (χ0v) is 16.7. The van der Waals surface area contributed by atoms with E-state index >= 15 is 0 Å². The predicted molar refractivity (Wildman–Crippen MR) is 108 cm³/mol. The van der Waals surface area contributed by atoms with Crippen LogP contribution >= 0.6 is 0 Å². The van der Waals surface area contributed by atoms with Crippen molar-refractivity contribution in [2.75, 3.05) is 64.8 Å². The van der Waals surface area contributed by atoms with E-state index in [-0.39, 0.29) is 5.91 Å². The molecular weight excluding hydrogens is 360 g/mol. The predicted octanol–water partition coefficient (Wildman–Crippen LogP) is 2.11. The summed E-state index contributed by atoms with van der Waals surface area (Å²) in [5, 5.41) is 2.87. The molecule has 150 valence electrons. The minimum Gasteiger partial charge on any atom is -0.493 e. The number of piperazine rings is 1. The van der Waals surface area contributed by atoms with Crippen LogP contribution in [0.2, 0.25) is 0 Å². The molecule has 0 unspecified atom stereocenters. The number of carbonyl (C=O) groups excluding carboxylic acids is 1. The second-order valence-electron chi connectivity index (χ2n) is 6.59. The molecule has 0 atom stereocenters. The van der Waals surface area contributed by atoms with Crippen molar-refractivity contribution in [1.29, 1.82) is 0 Å². The Morgan fingerprint density at radius 2 is 1.61 bits per heavy atom. The molecule has 8 nitrogen and oxygen atoms in total. The molecule has 0 aliphatic carbocycles. The highest BCUT2D eigenvalue weighted by atomic mass is 16.5. The van der Waals surface area contributed by atoms with E-state index in [1.807, 2.05) is 6.07 Å². The lowest BCUT2D eigenvalue weighted by molar-refractivity contribution is 0.102. The number of carbonyl (C=O) groups is 1. The third-order valence-corrected chi connectivity index (χ3v) is 4.78. The Hall–Kier alpha value is -3.00. The lowest BCUT2D eigenvalue weighted by Gasteiger charge is -2.33. The van der Waals surface area contributed by atoms with Gasteiger partial charge >= 0.3 is 0 Å². The van der Waals surface area contributed by atoms with Crippen LogP contribution in [0.1, 0.15) is 10.4 Å². The van der Waals surface area contributed by atoms with Crippen LogP contribution < -0.4 is 24.4 Å². The number of amides is 1. The van der Waals surface area contributed by atoms with E-state index in [2.05, 4.69) is 27.1 Å². The molecule has 0 radical (unpaired) electrons. The monoisotopic (exact) mass is 386 g/mol. The van der Waals surface area contributed by atoms with Crippen molar-refractivity contribution in [3.63, 3.8) is 0 Å². The van der Waals surface area contributed by atoms with Crippen LogP contribution in [0.15, 0.2) is 30.6 Å². The maximum absolute atomic E-state index is 12.8. The molecule has 0 spiro atoms. The van der Waals surface area contributed by atoms with Gasteiger partial charge in [-0.15, -0.1) is 0 Å². The largest absolute Gasteiger partial charge is 0.493 e. The standard InChI is InChI=1S/C20H26N4O4/c1-23-5-7-24(8-6-23)16-9-14(12-21-13-16)20(25)22-15-10-17(26-2)19(28-4)18(11-15)27-3/h9-13H,5-8H2,1-4H3,(H,22,25). The molecule has 0 saturated carbocycles. The highest BCUT2D eigenvalue weighted by Gasteiger charge is 2.18. The quantitative estimate of drug-likeness (QED) is 0.815. The van der Waals surface area contributed by atoms with E-state index in [1.54, 1.807) is 24.5 Å². The summed E-state index contributed by atoms with van der Waals surface area (Å²) >= 11 is 0. The summed E-state index contributed by atoms with van der Waals surface area (Å²) in [7, 11) is 6.71. The fraction of sp³-hybridized carbons (Fsp3) is 0.400. The normalized spacial score (nSPS) is 14.5. The number of hydrogen-bond acceptors (Lipinski definition) is 7. The van der Waals surface area contributed by atoms with E-state index in [4.69, 9.17) is 14.2 Å². The number of benzene rings is 1. The van der Waals surface area contributed by atoms with Gasteiger partial charge in [0.1, 0.15) is 0 Å². The molecule has 1 saturated heterocycles. The van der Waals surface area contributed by atoms with Crippen molar-refractivity contribution in [3.8, 4) is 17.2 Å². The van der Waals surface area contributed by atoms with E-state index in [0.717, 1.165) is 31.9 Å². The molecule has 2 heterocycles. The third kappa shape index (κ3) is 4.28. The van der Waals surface area contributed by atoms with Crippen molar-refractivity contribution >= 4 is 17.3 Å². The van der Waals surface area contributed by atoms with Crippen molar-refractivity contribution < 1.29 is 19.0 Å². The topological polar surface area (TPSA) is 76.2 Å². The van der Waals surface area contributed by atoms with Crippen molar-refractivity contribution in [1.82, 2.24) is 9.88 Å². The number of anilines is 2. The minimum absolute atomic E-state index is 0.252. The number of nitrogens with zero attached hydrogens (tertiary/aromatic N) is 3. The van der Waals surface area contributed by atoms with Gasteiger partial charge in [0.05, 0.1) is 38.8 Å². The summed E-state index contributed by atoms with van der Waals surface area (Å²) in [6.45, 7) is 3.80. The molecule has 1 amide bonds. The smallest absolute Gasteiger partial charge is 0.257 e. The van der Waals surface area contributed by atoms with Gasteiger partial charge in [0.15, 0.2) is 11.5 Å². The van der Waals surface area contributed by atoms with Gasteiger partial charge in [-0.2, -0.15) is 0 Å². The zero-order valence-electron chi connectivity index (χ0n) is 16.7. The Morgan fingerprint density at radius 3 is 2.18 bits per heavy atom. The van der Waals surface area contributed by atoms with Crippen molar-refractivity contribution in [3.05, 3.63) is 36.2 Å². The summed E-state index contributed by atoms with van der Waals surface area (Å²) in [4.78, 5) is 21.5. The van der Waals surface area contributed by atoms with Crippen LogP contribution in [0, 0.1) is 0 Å². The van der Waals surface area contributed by atoms with Crippen LogP contribution in [-0.4, -0.2) is 70.3 Å². The van der Waals surface area contributed by atoms with Crippen LogP contribution in [0.25, 0.3) is 0 Å². The molecule has 1 aromatic carbocycles. The number of ether oxygens (including phenoxy) is 3. The van der Waals surface area contributed by atoms with Gasteiger partial charge in [0.2, 0.25) is 5.75 Å². The summed E-state index contributed by atoms with van der Waals surface area (Å²) in [5.41, 5.74) is 1.99. The van der Waals surface area contributed by atoms with Crippen LogP contribution in [0.5, 0.6) is 17.2 Å². The van der Waals surface area contributed by atoms with Gasteiger partial charge in [-0.3, -0.25) is 9.78 Å². The second kappa shape index (κ2) is 8.79. The second-order valence-corrected chi connectivity index (χ2v) is 6.59. The highest BCUT2D eigenvalue weighted by molar-refractivity contribution is 6.04. The van der Waals surface area contributed by atoms with Gasteiger partial charge in [-0.1, -0.05) is 0 Å². The zero-order chi connectivity index (χ0) is 20.1. The summed E-state index contributed by atoms with van der Waals surface area (Å²) in [6, 6.07) is 5.25. The van der Waals surface area contributed by atoms with E-state index < -0.39 is 0 Å². The van der Waals surface area contributed by atoms with Gasteiger partial charge in [-0.25, -0.2) is 0 Å². The van der Waals surface area contributed by atoms with Crippen LogP contribution in [0.3, 0.4) is 0 Å². The van der Waals surface area contributed by atoms with Crippen LogP contribution in [-0.2, 0) is 0 Å². The average Bonchev–Trinajstić information content (AvgIpc) is 2.73. The molecule has 1 N–H and O–H groups in total. The number of methoxy groups -OCH3 is 3. The lowest BCUT2D eigenvalue weighted by Crippen LogP contribution is -2.44. The van der Waals surface area contributed by atoms with Gasteiger partial charge in [-0.05, 0) is 13.1 Å². The van der Waals surface area contributed by atoms with E-state index in [0.29, 0.717) is 28.5 Å². The number of hydrogen-bond donors (Lipinski definition) is 1. The molecule has 0 bridgehead atoms. The Bertz CT molecular complexity index is 810. The molecule has 2 aromatic rings. The summed E-state index contributed by atoms with van der Waals surface area (Å²) < 4.78 is 16.0. The van der Waals surface area contributed by atoms with Gasteiger partial charge in [0.25, 0.3) is 5.91 Å². The summed E-state index contributed by atoms with van der Waals surface area (Å²) in [6.07, 6.45) is 3.36. The van der Waals surface area contributed by atoms with Gasteiger partial charge < -0.3 is 29.3 Å². The van der Waals surface area contributed by atoms with Crippen molar-refractivity contribution in [2.24, 2.45) is 0 Å². The van der Waals surface area contributed by atoms with Crippen LogP contribution in [0.4, 0.5) is 11.4 Å². The molecule has 28 heavy (non-hydrogen) atoms. The first kappa shape index (κ1) is 19.8. The molecule has 1 aliphatic heterocycles. The SMILES string of the molecule is COc1cc(NC(=O)c2cncc(N3CCN(C)CC3)c2)cc(OC)c1OC. The maximum Gasteiger partial charge on any atom is 0.257 e. The minimum atomic E-state index is -0.252. The molecule has 1 aromatic heterocycles. The fourth-order valence-corrected chi connectivity index (χ4v) is 3.15. The Morgan fingerprint density at radius 1 is 0.964 bits per heavy atom. The Kier molecular flexibility index (Phi) is 6.20. The first-order chi connectivity index (χ1) is 13.5. The Labute approximate surface area is 165 Å². The fourth-order valence-electron chi connectivity index (χ4n) is 3.15. The van der Waals surface area contributed by atoms with E-state index in [1.165, 1.54) is 21.3 Å². The lowest BCUT2D eigenvalue weighted by atomic mass is 10.2. The average molecular weight is 386 g/mol. The number of pyridine rings is 1. The number of likely N-dealkylation sites (N-methyl/N-ethyl adjacent to an activating group) is 1. The Balaban J connectivity index is 1.79.